The van der Waals surface area contributed by atoms with Crippen LogP contribution >= 0.6 is 0 Å². The molecule has 11 rings (SSSR count). The number of benzene rings is 3. The molecule has 474 valence electrons. The molecular weight excluding hydrogens is 1090 g/mol. The van der Waals surface area contributed by atoms with Crippen molar-refractivity contribution >= 4 is 10.1 Å². The van der Waals surface area contributed by atoms with Crippen LogP contribution in [0.15, 0.2) is 141 Å². The fourth-order valence-electron chi connectivity index (χ4n) is 15.7. The maximum atomic E-state index is 12.1. The molecule has 0 amide bonds. The van der Waals surface area contributed by atoms with E-state index in [-0.39, 0.29) is 26.6 Å². The van der Waals surface area contributed by atoms with Crippen molar-refractivity contribution in [2.75, 3.05) is 33.0 Å². The third-order valence-corrected chi connectivity index (χ3v) is 22.3. The van der Waals surface area contributed by atoms with Gasteiger partial charge in [0, 0.05) is 22.3 Å². The van der Waals surface area contributed by atoms with Gasteiger partial charge in [-0.15, -0.1) is 26.3 Å². The number of fused-ring (bicyclic) bond motifs is 6. The normalized spacial score (nSPS) is 30.2. The number of allylic oxidation sites excluding steroid dienone is 10. The molecule has 0 heterocycles. The van der Waals surface area contributed by atoms with Crippen LogP contribution in [-0.4, -0.2) is 41.5 Å². The second-order valence-electron chi connectivity index (χ2n) is 31.9. The summed E-state index contributed by atoms with van der Waals surface area (Å²) in [5.41, 5.74) is 5.87. The first kappa shape index (κ1) is 66.4. The van der Waals surface area contributed by atoms with Gasteiger partial charge in [-0.1, -0.05) is 162 Å². The molecule has 5 saturated carbocycles. The third kappa shape index (κ3) is 16.3. The summed E-state index contributed by atoms with van der Waals surface area (Å²) in [6.45, 7) is 48.8. The van der Waals surface area contributed by atoms with Gasteiger partial charge in [-0.05, 0) is 218 Å². The minimum absolute atomic E-state index is 0.00755. The third-order valence-electron chi connectivity index (χ3n) is 21.0. The maximum Gasteiger partial charge on any atom is 0.296 e. The maximum absolute atomic E-state index is 12.1. The summed E-state index contributed by atoms with van der Waals surface area (Å²) in [6.07, 6.45) is 34.5. The molecule has 87 heavy (non-hydrogen) atoms. The van der Waals surface area contributed by atoms with Crippen LogP contribution in [0.3, 0.4) is 0 Å². The Morgan fingerprint density at radius 2 is 0.713 bits per heavy atom. The first-order chi connectivity index (χ1) is 41.0. The fraction of sp³-hybridized carbons (Fsp3) is 0.595. The van der Waals surface area contributed by atoms with E-state index in [2.05, 4.69) is 194 Å². The molecule has 6 bridgehead atoms. The van der Waals surface area contributed by atoms with E-state index >= 15 is 0 Å². The first-order valence-corrected chi connectivity index (χ1v) is 34.8. The van der Waals surface area contributed by atoms with E-state index in [1.54, 1.807) is 24.3 Å². The van der Waals surface area contributed by atoms with Crippen LogP contribution in [0.5, 0.6) is 23.0 Å². The molecule has 0 N–H and O–H groups in total. The van der Waals surface area contributed by atoms with Gasteiger partial charge in [0.2, 0.25) is 0 Å². The smallest absolute Gasteiger partial charge is 0.296 e. The molecule has 15 atom stereocenters. The summed E-state index contributed by atoms with van der Waals surface area (Å²) in [5.74, 6) is 13.0. The lowest BCUT2D eigenvalue weighted by atomic mass is 9.80. The molecule has 8 aliphatic carbocycles. The van der Waals surface area contributed by atoms with Crippen molar-refractivity contribution in [3.05, 3.63) is 163 Å². The molecule has 0 saturated heterocycles. The molecule has 0 radical (unpaired) electrons. The lowest BCUT2D eigenvalue weighted by molar-refractivity contribution is 0.215. The summed E-state index contributed by atoms with van der Waals surface area (Å²) in [5, 5.41) is 0. The van der Waals surface area contributed by atoms with Crippen LogP contribution in [-0.2, 0) is 36.0 Å². The molecular formula is C79H110O7S. The second kappa shape index (κ2) is 27.2. The SMILES string of the molecule is C=CC1CC(C=C)C(COc2cc(C(C)(C)C)c(OCC3CC(C=C)CC3C=C)cc2C(C)(C)C)C1.CC(C)(C)c1cc(OCC2CC3C=CC2C3)c(C(C)(C)C)cc1OCC1CC2C=CC1C2.Cc1ccc(S(=O)(=O)OCC2CC3C=CC2C3)cc1. The van der Waals surface area contributed by atoms with Gasteiger partial charge in [0.15, 0.2) is 0 Å². The molecule has 15 unspecified atom stereocenters. The van der Waals surface area contributed by atoms with Crippen LogP contribution in [0.2, 0.25) is 0 Å². The highest BCUT2D eigenvalue weighted by molar-refractivity contribution is 7.86. The number of rotatable bonds is 20. The molecule has 3 aromatic carbocycles. The van der Waals surface area contributed by atoms with Gasteiger partial charge < -0.3 is 18.9 Å². The van der Waals surface area contributed by atoms with E-state index < -0.39 is 10.1 Å². The fourth-order valence-corrected chi connectivity index (χ4v) is 16.6. The molecule has 8 aliphatic rings. The zero-order valence-corrected chi connectivity index (χ0v) is 56.6. The summed E-state index contributed by atoms with van der Waals surface area (Å²) >= 11 is 0. The number of ether oxygens (including phenoxy) is 4. The Balaban J connectivity index is 0.000000162. The minimum atomic E-state index is -3.61. The van der Waals surface area contributed by atoms with Crippen molar-refractivity contribution in [1.82, 2.24) is 0 Å². The zero-order valence-electron chi connectivity index (χ0n) is 55.8. The Hall–Kier alpha value is -5.05. The lowest BCUT2D eigenvalue weighted by Crippen LogP contribution is -2.23. The largest absolute Gasteiger partial charge is 0.493 e. The zero-order chi connectivity index (χ0) is 62.8. The van der Waals surface area contributed by atoms with Gasteiger partial charge in [0.1, 0.15) is 23.0 Å². The monoisotopic (exact) mass is 1200 g/mol. The minimum Gasteiger partial charge on any atom is -0.493 e. The highest BCUT2D eigenvalue weighted by Gasteiger charge is 2.40. The van der Waals surface area contributed by atoms with E-state index in [4.69, 9.17) is 23.1 Å². The Morgan fingerprint density at radius 1 is 0.402 bits per heavy atom. The van der Waals surface area contributed by atoms with E-state index in [0.29, 0.717) is 84.9 Å². The summed E-state index contributed by atoms with van der Waals surface area (Å²) in [6, 6.07) is 15.9. The molecule has 7 nitrogen and oxygen atoms in total. The summed E-state index contributed by atoms with van der Waals surface area (Å²) < 4.78 is 55.9. The molecule has 8 heteroatoms. The van der Waals surface area contributed by atoms with Gasteiger partial charge in [-0.25, -0.2) is 0 Å². The average Bonchev–Trinajstić information content (AvgIpc) is 1.91. The molecule has 0 aromatic heterocycles. The van der Waals surface area contributed by atoms with Gasteiger partial charge in [0.05, 0.1) is 37.9 Å². The number of hydrogen-bond acceptors (Lipinski definition) is 7. The standard InChI is InChI=1S/C34H50O2.C30H42O2.C15H18O3S/c1-11-23-15-25(13-3)27(17-23)21-35-31-19-30(34(8,9)10)32(20-29(31)33(5,6)7)36-22-28-18-24(12-2)16-26(28)14-4;1-29(2,3)25-15-28(32-18-24-14-20-8-10-22(24)12-20)26(30(4,5)6)16-27(25)31-17-23-13-19-7-9-21(23)11-19;1-11-2-6-15(7-3-11)19(16,17)18-10-14-9-12-4-5-13(14)8-12/h11-14,19-20,23-28H,1-4,15-18,21-22H2,5-10H3;7-10,15-16,19-24H,11-14,17-18H2,1-6H3;2-7,12-14H,8-10H2,1H3. The van der Waals surface area contributed by atoms with Gasteiger partial charge >= 0.3 is 0 Å². The highest BCUT2D eigenvalue weighted by Crippen LogP contribution is 2.50. The highest BCUT2D eigenvalue weighted by atomic mass is 32.2. The molecule has 3 aromatic rings. The van der Waals surface area contributed by atoms with Crippen LogP contribution in [0.4, 0.5) is 0 Å². The van der Waals surface area contributed by atoms with Crippen molar-refractivity contribution in [2.24, 2.45) is 88.8 Å². The van der Waals surface area contributed by atoms with Crippen molar-refractivity contribution in [3.8, 4) is 23.0 Å². The average molecular weight is 1200 g/mol. The van der Waals surface area contributed by atoms with Crippen molar-refractivity contribution in [2.45, 2.75) is 181 Å². The molecule has 5 fully saturated rings. The topological polar surface area (TPSA) is 80.3 Å². The van der Waals surface area contributed by atoms with Gasteiger partial charge in [0.25, 0.3) is 10.1 Å². The second-order valence-corrected chi connectivity index (χ2v) is 33.5. The van der Waals surface area contributed by atoms with Gasteiger partial charge in [-0.3, -0.25) is 4.18 Å². The predicted molar refractivity (Wildman–Crippen MR) is 361 cm³/mol. The molecule has 0 aliphatic heterocycles. The first-order valence-electron chi connectivity index (χ1n) is 33.4. The molecule has 0 spiro atoms. The van der Waals surface area contributed by atoms with Crippen LogP contribution in [0, 0.1) is 95.7 Å². The van der Waals surface area contributed by atoms with E-state index in [0.717, 1.165) is 97.6 Å². The van der Waals surface area contributed by atoms with Crippen LogP contribution in [0.1, 0.15) is 175 Å². The Morgan fingerprint density at radius 3 is 0.977 bits per heavy atom. The lowest BCUT2D eigenvalue weighted by Gasteiger charge is -2.30. The van der Waals surface area contributed by atoms with E-state index in [1.807, 2.05) is 6.92 Å². The van der Waals surface area contributed by atoms with E-state index in [1.165, 1.54) is 54.4 Å². The summed E-state index contributed by atoms with van der Waals surface area (Å²) in [4.78, 5) is 0.247. The van der Waals surface area contributed by atoms with Crippen LogP contribution in [0.25, 0.3) is 0 Å². The number of hydrogen-bond donors (Lipinski definition) is 0. The number of aryl methyl sites for hydroxylation is 1. The van der Waals surface area contributed by atoms with Gasteiger partial charge in [-0.2, -0.15) is 8.42 Å². The van der Waals surface area contributed by atoms with Crippen molar-refractivity contribution < 1.29 is 31.5 Å². The Kier molecular flexibility index (Phi) is 20.7. The summed E-state index contributed by atoms with van der Waals surface area (Å²) in [7, 11) is -3.61. The quantitative estimate of drug-likeness (QED) is 0.0823. The van der Waals surface area contributed by atoms with Crippen molar-refractivity contribution in [3.63, 3.8) is 0 Å². The Labute approximate surface area is 527 Å². The van der Waals surface area contributed by atoms with Crippen molar-refractivity contribution in [1.29, 1.82) is 0 Å². The predicted octanol–water partition coefficient (Wildman–Crippen LogP) is 19.4. The Bertz CT molecular complexity index is 2940. The van der Waals surface area contributed by atoms with Crippen LogP contribution < -0.4 is 18.9 Å². The van der Waals surface area contributed by atoms with E-state index in [9.17, 15) is 8.42 Å².